The van der Waals surface area contributed by atoms with Gasteiger partial charge in [-0.15, -0.1) is 0 Å². The van der Waals surface area contributed by atoms with E-state index in [1.165, 1.54) is 0 Å². The van der Waals surface area contributed by atoms with E-state index in [0.29, 0.717) is 23.0 Å². The molecule has 112 valence electrons. The van der Waals surface area contributed by atoms with Gasteiger partial charge in [0.1, 0.15) is 0 Å². The Kier molecular flexibility index (Phi) is 2.94. The first-order valence-corrected chi connectivity index (χ1v) is 8.37. The second-order valence-electron chi connectivity index (χ2n) is 5.72. The Labute approximate surface area is 121 Å². The Bertz CT molecular complexity index is 875. The summed E-state index contributed by atoms with van der Waals surface area (Å²) in [4.78, 5) is 19.0. The Hall–Kier alpha value is -2.09. The molecular weight excluding hydrogens is 292 g/mol. The number of fused-ring (bicyclic) bond motifs is 1. The Morgan fingerprint density at radius 2 is 2.19 bits per heavy atom. The highest BCUT2D eigenvalue weighted by Gasteiger charge is 2.38. The highest BCUT2D eigenvalue weighted by atomic mass is 32.2. The number of nitrogens with zero attached hydrogens (tertiary/aromatic N) is 1. The highest BCUT2D eigenvalue weighted by Crippen LogP contribution is 2.26. The number of hydrogen-bond donors (Lipinski definition) is 3. The number of sulfone groups is 1. The standard InChI is InChI=1S/C13H16N4O3S/c1-13(4-5-21(19,20)7-13)17-12-15-10-3-2-8(14)6-9(10)11(18)16-12/h2-3,6H,4-5,7,14H2,1H3,(H2,15,16,17,18). The van der Waals surface area contributed by atoms with Crippen molar-refractivity contribution in [3.8, 4) is 0 Å². The van der Waals surface area contributed by atoms with E-state index >= 15 is 0 Å². The van der Waals surface area contributed by atoms with E-state index in [4.69, 9.17) is 5.73 Å². The third kappa shape index (κ3) is 2.71. The summed E-state index contributed by atoms with van der Waals surface area (Å²) in [7, 11) is -3.03. The normalized spacial score (nSPS) is 24.2. The van der Waals surface area contributed by atoms with Crippen LogP contribution in [-0.2, 0) is 9.84 Å². The zero-order valence-electron chi connectivity index (χ0n) is 11.5. The summed E-state index contributed by atoms with van der Waals surface area (Å²) in [6.07, 6.45) is 0.485. The van der Waals surface area contributed by atoms with E-state index in [2.05, 4.69) is 15.3 Å². The Morgan fingerprint density at radius 1 is 1.43 bits per heavy atom. The third-order valence-corrected chi connectivity index (χ3v) is 5.56. The summed E-state index contributed by atoms with van der Waals surface area (Å²) in [5.74, 6) is 0.450. The molecule has 4 N–H and O–H groups in total. The number of hydrogen-bond acceptors (Lipinski definition) is 6. The summed E-state index contributed by atoms with van der Waals surface area (Å²) in [6, 6.07) is 4.89. The Balaban J connectivity index is 1.99. The van der Waals surface area contributed by atoms with E-state index in [1.807, 2.05) is 6.92 Å². The molecular formula is C13H16N4O3S. The molecule has 1 aliphatic heterocycles. The van der Waals surface area contributed by atoms with Gasteiger partial charge in [-0.1, -0.05) is 0 Å². The lowest BCUT2D eigenvalue weighted by Gasteiger charge is -2.24. The van der Waals surface area contributed by atoms with Crippen LogP contribution in [0.3, 0.4) is 0 Å². The molecule has 0 spiro atoms. The minimum absolute atomic E-state index is 0.0312. The molecule has 8 heteroatoms. The van der Waals surface area contributed by atoms with Crippen molar-refractivity contribution in [3.63, 3.8) is 0 Å². The van der Waals surface area contributed by atoms with Gasteiger partial charge in [0.25, 0.3) is 5.56 Å². The summed E-state index contributed by atoms with van der Waals surface area (Å²) in [6.45, 7) is 1.81. The predicted octanol–water partition coefficient (Wildman–Crippen LogP) is 0.494. The number of benzene rings is 1. The van der Waals surface area contributed by atoms with E-state index in [9.17, 15) is 13.2 Å². The van der Waals surface area contributed by atoms with Crippen LogP contribution in [0.1, 0.15) is 13.3 Å². The zero-order chi connectivity index (χ0) is 15.3. The molecule has 1 aliphatic rings. The average Bonchev–Trinajstić information content (AvgIpc) is 2.64. The van der Waals surface area contributed by atoms with Gasteiger partial charge in [-0.2, -0.15) is 0 Å². The van der Waals surface area contributed by atoms with Crippen LogP contribution in [0.4, 0.5) is 11.6 Å². The van der Waals surface area contributed by atoms with E-state index < -0.39 is 15.4 Å². The van der Waals surface area contributed by atoms with Crippen molar-refractivity contribution in [3.05, 3.63) is 28.6 Å². The van der Waals surface area contributed by atoms with Gasteiger partial charge in [0, 0.05) is 5.69 Å². The van der Waals surface area contributed by atoms with Crippen molar-refractivity contribution in [2.45, 2.75) is 18.9 Å². The second-order valence-corrected chi connectivity index (χ2v) is 7.90. The van der Waals surface area contributed by atoms with Crippen LogP contribution in [-0.4, -0.2) is 35.4 Å². The summed E-state index contributed by atoms with van der Waals surface area (Å²) < 4.78 is 23.2. The average molecular weight is 308 g/mol. The van der Waals surface area contributed by atoms with Crippen LogP contribution in [0.25, 0.3) is 10.9 Å². The maximum atomic E-state index is 12.0. The fourth-order valence-electron chi connectivity index (χ4n) is 2.61. The summed E-state index contributed by atoms with van der Waals surface area (Å²) in [5, 5.41) is 3.45. The van der Waals surface area contributed by atoms with Crippen LogP contribution < -0.4 is 16.6 Å². The van der Waals surface area contributed by atoms with Gasteiger partial charge in [-0.05, 0) is 31.5 Å². The van der Waals surface area contributed by atoms with Gasteiger partial charge < -0.3 is 11.1 Å². The molecule has 1 saturated heterocycles. The topological polar surface area (TPSA) is 118 Å². The van der Waals surface area contributed by atoms with Crippen molar-refractivity contribution in [2.75, 3.05) is 22.6 Å². The van der Waals surface area contributed by atoms with Gasteiger partial charge in [-0.3, -0.25) is 9.78 Å². The molecule has 1 aromatic heterocycles. The van der Waals surface area contributed by atoms with E-state index in [-0.39, 0.29) is 23.0 Å². The van der Waals surface area contributed by atoms with Crippen molar-refractivity contribution >= 4 is 32.4 Å². The van der Waals surface area contributed by atoms with Crippen LogP contribution in [0.5, 0.6) is 0 Å². The van der Waals surface area contributed by atoms with Crippen molar-refractivity contribution in [1.29, 1.82) is 0 Å². The molecule has 2 aromatic rings. The minimum atomic E-state index is -3.03. The smallest absolute Gasteiger partial charge is 0.260 e. The number of anilines is 2. The van der Waals surface area contributed by atoms with Gasteiger partial charge >= 0.3 is 0 Å². The molecule has 1 atom stereocenters. The summed E-state index contributed by atoms with van der Waals surface area (Å²) in [5.41, 5.74) is 5.73. The number of nitrogen functional groups attached to an aromatic ring is 1. The van der Waals surface area contributed by atoms with Crippen molar-refractivity contribution in [2.24, 2.45) is 0 Å². The van der Waals surface area contributed by atoms with Crippen LogP contribution in [0.2, 0.25) is 0 Å². The summed E-state index contributed by atoms with van der Waals surface area (Å²) >= 11 is 0. The predicted molar refractivity (Wildman–Crippen MR) is 82.1 cm³/mol. The number of H-pyrrole nitrogens is 1. The van der Waals surface area contributed by atoms with Gasteiger partial charge in [0.15, 0.2) is 9.84 Å². The lowest BCUT2D eigenvalue weighted by atomic mass is 10.0. The lowest BCUT2D eigenvalue weighted by Crippen LogP contribution is -2.37. The first-order chi connectivity index (χ1) is 9.76. The maximum absolute atomic E-state index is 12.0. The highest BCUT2D eigenvalue weighted by molar-refractivity contribution is 7.91. The number of rotatable bonds is 2. The molecule has 0 bridgehead atoms. The molecule has 0 saturated carbocycles. The van der Waals surface area contributed by atoms with E-state index in [1.54, 1.807) is 18.2 Å². The molecule has 2 heterocycles. The lowest BCUT2D eigenvalue weighted by molar-refractivity contribution is 0.569. The fourth-order valence-corrected chi connectivity index (χ4v) is 4.70. The molecule has 3 rings (SSSR count). The number of nitrogens with two attached hydrogens (primary N) is 1. The monoisotopic (exact) mass is 308 g/mol. The number of nitrogens with one attached hydrogen (secondary N) is 2. The largest absolute Gasteiger partial charge is 0.399 e. The van der Waals surface area contributed by atoms with Gasteiger partial charge in [0.05, 0.1) is 27.9 Å². The Morgan fingerprint density at radius 3 is 2.86 bits per heavy atom. The second kappa shape index (κ2) is 4.45. The number of aromatic amines is 1. The number of aromatic nitrogens is 2. The first-order valence-electron chi connectivity index (χ1n) is 6.55. The quantitative estimate of drug-likeness (QED) is 0.695. The van der Waals surface area contributed by atoms with Crippen LogP contribution in [0, 0.1) is 0 Å². The SMILES string of the molecule is CC1(Nc2nc3ccc(N)cc3c(=O)[nH]2)CCS(=O)(=O)C1. The van der Waals surface area contributed by atoms with Crippen LogP contribution in [0.15, 0.2) is 23.0 Å². The molecule has 1 aromatic carbocycles. The fraction of sp³-hybridized carbons (Fsp3) is 0.385. The van der Waals surface area contributed by atoms with E-state index in [0.717, 1.165) is 0 Å². The van der Waals surface area contributed by atoms with Crippen molar-refractivity contribution in [1.82, 2.24) is 9.97 Å². The molecule has 7 nitrogen and oxygen atoms in total. The molecule has 1 unspecified atom stereocenters. The molecule has 0 aliphatic carbocycles. The molecule has 1 fully saturated rings. The molecule has 21 heavy (non-hydrogen) atoms. The first kappa shape index (κ1) is 13.9. The van der Waals surface area contributed by atoms with Crippen LogP contribution >= 0.6 is 0 Å². The zero-order valence-corrected chi connectivity index (χ0v) is 12.3. The maximum Gasteiger partial charge on any atom is 0.260 e. The molecule has 0 radical (unpaired) electrons. The minimum Gasteiger partial charge on any atom is -0.399 e. The van der Waals surface area contributed by atoms with Gasteiger partial charge in [-0.25, -0.2) is 13.4 Å². The van der Waals surface area contributed by atoms with Gasteiger partial charge in [0.2, 0.25) is 5.95 Å². The van der Waals surface area contributed by atoms with Crippen molar-refractivity contribution < 1.29 is 8.42 Å². The third-order valence-electron chi connectivity index (χ3n) is 3.65. The molecule has 0 amide bonds.